The quantitative estimate of drug-likeness (QED) is 0.613. The summed E-state index contributed by atoms with van der Waals surface area (Å²) in [6, 6.07) is 5.59. The number of nitrogens with one attached hydrogen (secondary N) is 1. The first kappa shape index (κ1) is 10.8. The number of pyridine rings is 1. The summed E-state index contributed by atoms with van der Waals surface area (Å²) >= 11 is 1.35. The highest BCUT2D eigenvalue weighted by atomic mass is 32.2. The maximum atomic E-state index is 10.9. The third-order valence-electron chi connectivity index (χ3n) is 1.91. The van der Waals surface area contributed by atoms with E-state index in [9.17, 15) is 4.79 Å². The molecule has 1 saturated heterocycles. The van der Waals surface area contributed by atoms with Crippen molar-refractivity contribution in [2.24, 2.45) is 10.2 Å². The number of hydrogen-bond donors (Lipinski definition) is 1. The molecule has 2 heterocycles. The van der Waals surface area contributed by atoms with Crippen molar-refractivity contribution in [3.8, 4) is 0 Å². The van der Waals surface area contributed by atoms with Gasteiger partial charge >= 0.3 is 0 Å². The summed E-state index contributed by atoms with van der Waals surface area (Å²) < 4.78 is 0. The number of carbonyl (C=O) groups is 1. The summed E-state index contributed by atoms with van der Waals surface area (Å²) in [5.74, 6) is 0.381. The van der Waals surface area contributed by atoms with Gasteiger partial charge in [0.1, 0.15) is 0 Å². The van der Waals surface area contributed by atoms with E-state index >= 15 is 0 Å². The lowest BCUT2D eigenvalue weighted by molar-refractivity contribution is -0.116. The fourth-order valence-electron chi connectivity index (χ4n) is 1.13. The van der Waals surface area contributed by atoms with Gasteiger partial charge in [-0.3, -0.25) is 9.78 Å². The molecule has 16 heavy (non-hydrogen) atoms. The topological polar surface area (TPSA) is 66.7 Å². The van der Waals surface area contributed by atoms with E-state index in [-0.39, 0.29) is 5.91 Å². The largest absolute Gasteiger partial charge is 0.303 e. The van der Waals surface area contributed by atoms with Gasteiger partial charge in [0.25, 0.3) is 0 Å². The Bertz CT molecular complexity index is 455. The zero-order valence-electron chi connectivity index (χ0n) is 8.67. The maximum absolute atomic E-state index is 10.9. The van der Waals surface area contributed by atoms with Gasteiger partial charge in [0.05, 0.1) is 17.2 Å². The monoisotopic (exact) mass is 234 g/mol. The molecule has 0 aliphatic carbocycles. The third kappa shape index (κ3) is 2.66. The molecule has 0 spiro atoms. The van der Waals surface area contributed by atoms with Crippen LogP contribution in [0.1, 0.15) is 12.6 Å². The second-order valence-corrected chi connectivity index (χ2v) is 4.11. The summed E-state index contributed by atoms with van der Waals surface area (Å²) in [5.41, 5.74) is 1.50. The molecule has 0 saturated carbocycles. The number of aromatic nitrogens is 1. The standard InChI is InChI=1S/C10H10N4OS/c1-7(8-4-2-3-5-11-8)13-14-10-12-9(15)6-16-10/h2-5H,6H2,1H3,(H,12,14,15). The minimum atomic E-state index is -0.0329. The average Bonchev–Trinajstić information content (AvgIpc) is 2.73. The highest BCUT2D eigenvalue weighted by Gasteiger charge is 2.16. The smallest absolute Gasteiger partial charge is 0.236 e. The van der Waals surface area contributed by atoms with Gasteiger partial charge in [-0.2, -0.15) is 5.10 Å². The van der Waals surface area contributed by atoms with Crippen molar-refractivity contribution >= 4 is 28.5 Å². The molecule has 5 nitrogen and oxygen atoms in total. The molecular weight excluding hydrogens is 224 g/mol. The molecule has 2 rings (SSSR count). The lowest BCUT2D eigenvalue weighted by Gasteiger charge is -1.96. The normalized spacial score (nSPS) is 18.9. The van der Waals surface area contributed by atoms with Gasteiger partial charge in [-0.25, -0.2) is 0 Å². The number of amidine groups is 1. The van der Waals surface area contributed by atoms with E-state index in [0.717, 1.165) is 11.4 Å². The van der Waals surface area contributed by atoms with Crippen molar-refractivity contribution in [1.29, 1.82) is 0 Å². The predicted octanol–water partition coefficient (Wildman–Crippen LogP) is 1.02. The molecule has 1 fully saturated rings. The highest BCUT2D eigenvalue weighted by molar-refractivity contribution is 8.15. The summed E-state index contributed by atoms with van der Waals surface area (Å²) in [6.45, 7) is 1.83. The van der Waals surface area contributed by atoms with Crippen molar-refractivity contribution in [1.82, 2.24) is 10.3 Å². The Labute approximate surface area is 97.1 Å². The van der Waals surface area contributed by atoms with Crippen LogP contribution in [0.3, 0.4) is 0 Å². The molecule has 1 amide bonds. The summed E-state index contributed by atoms with van der Waals surface area (Å²) in [6.07, 6.45) is 1.70. The Balaban J connectivity index is 2.11. The fourth-order valence-corrected chi connectivity index (χ4v) is 1.75. The molecule has 0 aromatic carbocycles. The van der Waals surface area contributed by atoms with Gasteiger partial charge in [-0.05, 0) is 19.1 Å². The van der Waals surface area contributed by atoms with Crippen LogP contribution >= 0.6 is 11.8 Å². The molecular formula is C10H10N4OS. The van der Waals surface area contributed by atoms with Gasteiger partial charge in [-0.15, -0.1) is 5.10 Å². The van der Waals surface area contributed by atoms with Crippen LogP contribution in [0, 0.1) is 0 Å². The molecule has 1 aliphatic rings. The van der Waals surface area contributed by atoms with E-state index in [4.69, 9.17) is 0 Å². The summed E-state index contributed by atoms with van der Waals surface area (Å²) in [4.78, 5) is 15.0. The second-order valence-electron chi connectivity index (χ2n) is 3.14. The molecule has 0 atom stereocenters. The molecule has 1 aromatic heterocycles. The van der Waals surface area contributed by atoms with E-state index in [1.165, 1.54) is 11.8 Å². The average molecular weight is 234 g/mol. The lowest BCUT2D eigenvalue weighted by atomic mass is 10.3. The van der Waals surface area contributed by atoms with E-state index in [2.05, 4.69) is 20.5 Å². The molecule has 0 unspecified atom stereocenters. The Hall–Kier alpha value is -1.69. The maximum Gasteiger partial charge on any atom is 0.236 e. The SMILES string of the molecule is CC(=N/N=C1/NC(=O)CS1)c1ccccn1. The van der Waals surface area contributed by atoms with Crippen LogP contribution in [0.25, 0.3) is 0 Å². The summed E-state index contributed by atoms with van der Waals surface area (Å²) in [5, 5.41) is 11.1. The van der Waals surface area contributed by atoms with Gasteiger partial charge in [0, 0.05) is 6.20 Å². The van der Waals surface area contributed by atoms with Crippen LogP contribution in [-0.2, 0) is 4.79 Å². The second kappa shape index (κ2) is 4.89. The van der Waals surface area contributed by atoms with Crippen LogP contribution in [0.5, 0.6) is 0 Å². The molecule has 1 aromatic rings. The minimum absolute atomic E-state index is 0.0329. The number of amides is 1. The van der Waals surface area contributed by atoms with Crippen LogP contribution < -0.4 is 5.32 Å². The Morgan fingerprint density at radius 1 is 1.56 bits per heavy atom. The molecule has 6 heteroatoms. The van der Waals surface area contributed by atoms with Gasteiger partial charge in [0.2, 0.25) is 5.91 Å². The lowest BCUT2D eigenvalue weighted by Crippen LogP contribution is -2.19. The number of hydrogen-bond acceptors (Lipinski definition) is 5. The first-order valence-corrected chi connectivity index (χ1v) is 5.70. The Morgan fingerprint density at radius 3 is 3.06 bits per heavy atom. The summed E-state index contributed by atoms with van der Waals surface area (Å²) in [7, 11) is 0. The molecule has 0 radical (unpaired) electrons. The van der Waals surface area contributed by atoms with Gasteiger partial charge in [-0.1, -0.05) is 17.8 Å². The van der Waals surface area contributed by atoms with E-state index in [1.807, 2.05) is 25.1 Å². The molecule has 1 aliphatic heterocycles. The Kier molecular flexibility index (Phi) is 3.31. The zero-order chi connectivity index (χ0) is 11.4. The number of carbonyl (C=O) groups excluding carboxylic acids is 1. The zero-order valence-corrected chi connectivity index (χ0v) is 9.49. The third-order valence-corrected chi connectivity index (χ3v) is 2.78. The highest BCUT2D eigenvalue weighted by Crippen LogP contribution is 2.09. The first-order chi connectivity index (χ1) is 7.75. The molecule has 82 valence electrons. The van der Waals surface area contributed by atoms with Crippen LogP contribution in [0.4, 0.5) is 0 Å². The van der Waals surface area contributed by atoms with Crippen molar-refractivity contribution < 1.29 is 4.79 Å². The van der Waals surface area contributed by atoms with Crippen molar-refractivity contribution in [2.75, 3.05) is 5.75 Å². The van der Waals surface area contributed by atoms with E-state index < -0.39 is 0 Å². The van der Waals surface area contributed by atoms with Crippen molar-refractivity contribution in [2.45, 2.75) is 6.92 Å². The minimum Gasteiger partial charge on any atom is -0.303 e. The van der Waals surface area contributed by atoms with Crippen LogP contribution in [0.15, 0.2) is 34.6 Å². The molecule has 0 bridgehead atoms. The van der Waals surface area contributed by atoms with Gasteiger partial charge < -0.3 is 5.32 Å². The Morgan fingerprint density at radius 2 is 2.44 bits per heavy atom. The van der Waals surface area contributed by atoms with Crippen molar-refractivity contribution in [3.63, 3.8) is 0 Å². The van der Waals surface area contributed by atoms with Crippen molar-refractivity contribution in [3.05, 3.63) is 30.1 Å². The number of thioether (sulfide) groups is 1. The van der Waals surface area contributed by atoms with Gasteiger partial charge in [0.15, 0.2) is 5.17 Å². The molecule has 1 N–H and O–H groups in total. The number of nitrogens with zero attached hydrogens (tertiary/aromatic N) is 3. The van der Waals surface area contributed by atoms with E-state index in [0.29, 0.717) is 10.9 Å². The number of rotatable bonds is 2. The van der Waals surface area contributed by atoms with Crippen LogP contribution in [0.2, 0.25) is 0 Å². The van der Waals surface area contributed by atoms with E-state index in [1.54, 1.807) is 6.20 Å². The first-order valence-electron chi connectivity index (χ1n) is 4.72. The fraction of sp³-hybridized carbons (Fsp3) is 0.200. The van der Waals surface area contributed by atoms with Crippen LogP contribution in [-0.4, -0.2) is 27.5 Å². The predicted molar refractivity (Wildman–Crippen MR) is 64.5 cm³/mol.